The quantitative estimate of drug-likeness (QED) is 0.846. The zero-order valence-corrected chi connectivity index (χ0v) is 12.9. The Morgan fingerprint density at radius 3 is 2.24 bits per heavy atom. The Bertz CT molecular complexity index is 528. The second-order valence-electron chi connectivity index (χ2n) is 6.00. The van der Waals surface area contributed by atoms with E-state index in [0.29, 0.717) is 12.8 Å². The second-order valence-corrected chi connectivity index (χ2v) is 6.00. The average Bonchev–Trinajstić information content (AvgIpc) is 2.75. The van der Waals surface area contributed by atoms with Crippen molar-refractivity contribution in [1.29, 1.82) is 0 Å². The molecule has 2 amide bonds. The van der Waals surface area contributed by atoms with E-state index in [0.717, 1.165) is 5.56 Å². The van der Waals surface area contributed by atoms with Crippen molar-refractivity contribution in [2.75, 3.05) is 6.61 Å². The van der Waals surface area contributed by atoms with Crippen molar-refractivity contribution in [3.63, 3.8) is 0 Å². The van der Waals surface area contributed by atoms with Crippen LogP contribution >= 0.6 is 0 Å². The molecule has 0 bridgehead atoms. The van der Waals surface area contributed by atoms with Crippen molar-refractivity contribution in [1.82, 2.24) is 4.90 Å². The van der Waals surface area contributed by atoms with Gasteiger partial charge in [-0.25, -0.2) is 0 Å². The van der Waals surface area contributed by atoms with E-state index in [9.17, 15) is 14.7 Å². The van der Waals surface area contributed by atoms with Crippen molar-refractivity contribution in [2.45, 2.75) is 51.0 Å². The van der Waals surface area contributed by atoms with Gasteiger partial charge in [-0.2, -0.15) is 0 Å². The van der Waals surface area contributed by atoms with E-state index in [1.807, 2.05) is 51.1 Å². The number of amides is 2. The van der Waals surface area contributed by atoms with Gasteiger partial charge in [0.05, 0.1) is 17.6 Å². The predicted octanol–water partition coefficient (Wildman–Crippen LogP) is 2.25. The standard InChI is InChI=1S/C17H23NO3/c1-4-17(5-2,12-19)18-14(20)11-16(3,15(18)21)13-9-7-6-8-10-13/h6-10,19H,4-5,11-12H2,1-3H3. The third-order valence-corrected chi connectivity index (χ3v) is 4.93. The van der Waals surface area contributed by atoms with E-state index in [2.05, 4.69) is 0 Å². The van der Waals surface area contributed by atoms with Crippen LogP contribution in [0.2, 0.25) is 0 Å². The first kappa shape index (κ1) is 15.7. The topological polar surface area (TPSA) is 57.6 Å². The lowest BCUT2D eigenvalue weighted by Gasteiger charge is -2.38. The summed E-state index contributed by atoms with van der Waals surface area (Å²) in [5, 5.41) is 9.77. The van der Waals surface area contributed by atoms with E-state index < -0.39 is 11.0 Å². The molecular weight excluding hydrogens is 266 g/mol. The molecule has 1 aromatic rings. The van der Waals surface area contributed by atoms with Crippen LogP contribution in [0.4, 0.5) is 0 Å². The molecule has 2 rings (SSSR count). The molecule has 4 nitrogen and oxygen atoms in total. The zero-order chi connectivity index (χ0) is 15.7. The third-order valence-electron chi connectivity index (χ3n) is 4.93. The fourth-order valence-corrected chi connectivity index (χ4v) is 3.19. The molecule has 1 aromatic carbocycles. The number of nitrogens with zero attached hydrogens (tertiary/aromatic N) is 1. The number of carbonyl (C=O) groups is 2. The summed E-state index contributed by atoms with van der Waals surface area (Å²) >= 11 is 0. The minimum Gasteiger partial charge on any atom is -0.394 e. The SMILES string of the molecule is CCC(CC)(CO)N1C(=O)CC(C)(c2ccccc2)C1=O. The normalized spacial score (nSPS) is 23.0. The molecule has 1 fully saturated rings. The van der Waals surface area contributed by atoms with Gasteiger partial charge in [-0.15, -0.1) is 0 Å². The highest BCUT2D eigenvalue weighted by Gasteiger charge is 2.55. The Hall–Kier alpha value is -1.68. The Morgan fingerprint density at radius 2 is 1.76 bits per heavy atom. The first-order valence-corrected chi connectivity index (χ1v) is 7.49. The Kier molecular flexibility index (Phi) is 4.19. The van der Waals surface area contributed by atoms with Crippen molar-refractivity contribution < 1.29 is 14.7 Å². The molecule has 1 N–H and O–H groups in total. The summed E-state index contributed by atoms with van der Waals surface area (Å²) in [6.07, 6.45) is 1.28. The minimum absolute atomic E-state index is 0.164. The van der Waals surface area contributed by atoms with Crippen LogP contribution in [0.5, 0.6) is 0 Å². The van der Waals surface area contributed by atoms with Crippen LogP contribution < -0.4 is 0 Å². The van der Waals surface area contributed by atoms with Gasteiger partial charge < -0.3 is 5.11 Å². The minimum atomic E-state index is -0.830. The molecule has 1 unspecified atom stereocenters. The number of rotatable bonds is 5. The van der Waals surface area contributed by atoms with Gasteiger partial charge in [-0.3, -0.25) is 14.5 Å². The van der Waals surface area contributed by atoms with Crippen LogP contribution in [0.1, 0.15) is 45.6 Å². The summed E-state index contributed by atoms with van der Waals surface area (Å²) in [4.78, 5) is 26.8. The van der Waals surface area contributed by atoms with Crippen molar-refractivity contribution in [3.8, 4) is 0 Å². The van der Waals surface area contributed by atoms with Crippen LogP contribution in [-0.2, 0) is 15.0 Å². The maximum atomic E-state index is 13.0. The molecule has 4 heteroatoms. The summed E-state index contributed by atoms with van der Waals surface area (Å²) < 4.78 is 0. The molecule has 0 radical (unpaired) electrons. The molecule has 1 aliphatic rings. The lowest BCUT2D eigenvalue weighted by Crippen LogP contribution is -2.55. The summed E-state index contributed by atoms with van der Waals surface area (Å²) in [7, 11) is 0. The summed E-state index contributed by atoms with van der Waals surface area (Å²) in [5.41, 5.74) is -0.756. The average molecular weight is 289 g/mol. The molecule has 0 saturated carbocycles. The van der Waals surface area contributed by atoms with Crippen molar-refractivity contribution in [3.05, 3.63) is 35.9 Å². The van der Waals surface area contributed by atoms with Gasteiger partial charge in [-0.05, 0) is 25.3 Å². The number of likely N-dealkylation sites (tertiary alicyclic amines) is 1. The predicted molar refractivity (Wildman–Crippen MR) is 80.7 cm³/mol. The largest absolute Gasteiger partial charge is 0.394 e. The molecule has 0 spiro atoms. The fourth-order valence-electron chi connectivity index (χ4n) is 3.19. The Labute approximate surface area is 125 Å². The van der Waals surface area contributed by atoms with Gasteiger partial charge in [-0.1, -0.05) is 44.2 Å². The molecule has 1 saturated heterocycles. The van der Waals surface area contributed by atoms with Crippen LogP contribution in [0.15, 0.2) is 30.3 Å². The number of imide groups is 1. The van der Waals surface area contributed by atoms with E-state index in [-0.39, 0.29) is 24.8 Å². The first-order valence-electron chi connectivity index (χ1n) is 7.49. The molecule has 1 heterocycles. The van der Waals surface area contributed by atoms with Gasteiger partial charge >= 0.3 is 0 Å². The molecule has 114 valence electrons. The lowest BCUT2D eigenvalue weighted by atomic mass is 9.80. The number of hydrogen-bond donors (Lipinski definition) is 1. The smallest absolute Gasteiger partial charge is 0.240 e. The zero-order valence-electron chi connectivity index (χ0n) is 12.9. The van der Waals surface area contributed by atoms with Crippen LogP contribution in [-0.4, -0.2) is 34.0 Å². The third kappa shape index (κ3) is 2.27. The summed E-state index contributed by atoms with van der Waals surface area (Å²) in [5.74, 6) is -0.388. The van der Waals surface area contributed by atoms with Gasteiger partial charge in [0.15, 0.2) is 0 Å². The first-order chi connectivity index (χ1) is 9.95. The number of carbonyl (C=O) groups excluding carboxylic acids is 2. The van der Waals surface area contributed by atoms with Gasteiger partial charge in [0.2, 0.25) is 11.8 Å². The van der Waals surface area contributed by atoms with Crippen LogP contribution in [0, 0.1) is 0 Å². The molecule has 1 atom stereocenters. The molecule has 1 aliphatic heterocycles. The van der Waals surface area contributed by atoms with Crippen LogP contribution in [0.25, 0.3) is 0 Å². The van der Waals surface area contributed by atoms with Gasteiger partial charge in [0, 0.05) is 6.42 Å². The molecule has 0 aromatic heterocycles. The fraction of sp³-hybridized carbons (Fsp3) is 0.529. The van der Waals surface area contributed by atoms with Crippen molar-refractivity contribution >= 4 is 11.8 Å². The van der Waals surface area contributed by atoms with E-state index in [1.54, 1.807) is 0 Å². The Morgan fingerprint density at radius 1 is 1.19 bits per heavy atom. The molecule has 0 aliphatic carbocycles. The highest BCUT2D eigenvalue weighted by Crippen LogP contribution is 2.41. The number of aliphatic hydroxyl groups is 1. The molecular formula is C17H23NO3. The lowest BCUT2D eigenvalue weighted by molar-refractivity contribution is -0.149. The molecule has 21 heavy (non-hydrogen) atoms. The second kappa shape index (κ2) is 5.60. The monoisotopic (exact) mass is 289 g/mol. The van der Waals surface area contributed by atoms with E-state index >= 15 is 0 Å². The maximum Gasteiger partial charge on any atom is 0.240 e. The highest BCUT2D eigenvalue weighted by molar-refractivity contribution is 6.09. The van der Waals surface area contributed by atoms with E-state index in [1.165, 1.54) is 4.90 Å². The highest BCUT2D eigenvalue weighted by atomic mass is 16.3. The number of hydrogen-bond acceptors (Lipinski definition) is 3. The van der Waals surface area contributed by atoms with Crippen LogP contribution in [0.3, 0.4) is 0 Å². The Balaban J connectivity index is 2.46. The maximum absolute atomic E-state index is 13.0. The van der Waals surface area contributed by atoms with E-state index in [4.69, 9.17) is 0 Å². The van der Waals surface area contributed by atoms with Crippen molar-refractivity contribution in [2.24, 2.45) is 0 Å². The summed E-state index contributed by atoms with van der Waals surface area (Å²) in [6.45, 7) is 5.43. The summed E-state index contributed by atoms with van der Waals surface area (Å²) in [6, 6.07) is 9.41. The van der Waals surface area contributed by atoms with Gasteiger partial charge in [0.1, 0.15) is 0 Å². The number of benzene rings is 1. The number of aliphatic hydroxyl groups excluding tert-OH is 1. The van der Waals surface area contributed by atoms with Gasteiger partial charge in [0.25, 0.3) is 0 Å².